The van der Waals surface area contributed by atoms with Gasteiger partial charge in [0.1, 0.15) is 67.6 Å². The number of rotatable bonds is 15. The fraction of sp³-hybridized carbons (Fsp3) is 0.889. The van der Waals surface area contributed by atoms with E-state index in [9.17, 15) is 60.0 Å². The number of hydrogen-bond acceptors (Lipinski definition) is 24. The SMILES string of the molecule is C/C=C(\C)C(=O)O[C@H]1[C@H](O)[C@@H](O)C(O[C@@H]2[C@H]3OC(=O)CCCCCCCCC[C@@H](CCCCC)O[C@@H]4O[C@H](O)[C@@H](O)[C@H](O)C4O[C@@H]4O[C@H](COC(=O)C(C)CC)[C@@H](O)[C@H](O)[C@H]4O[C@H](O[C@H]2C)[C@@H]3OC(=O)[C@H](C)[C@@H](C)O)O[C@@H]1C. The highest BCUT2D eigenvalue weighted by molar-refractivity contribution is 5.87. The summed E-state index contributed by atoms with van der Waals surface area (Å²) in [6, 6.07) is 0. The van der Waals surface area contributed by atoms with Gasteiger partial charge >= 0.3 is 23.9 Å². The molecule has 78 heavy (non-hydrogen) atoms. The van der Waals surface area contributed by atoms with E-state index in [1.165, 1.54) is 40.7 Å². The zero-order valence-electron chi connectivity index (χ0n) is 46.7. The first kappa shape index (κ1) is 65.8. The lowest BCUT2D eigenvalue weighted by Crippen LogP contribution is -2.68. The highest BCUT2D eigenvalue weighted by Gasteiger charge is 2.58. The van der Waals surface area contributed by atoms with Crippen LogP contribution in [0.15, 0.2) is 11.6 Å². The van der Waals surface area contributed by atoms with Crippen LogP contribution in [0.2, 0.25) is 0 Å². The van der Waals surface area contributed by atoms with Crippen molar-refractivity contribution in [3.05, 3.63) is 11.6 Å². The number of hydrogen-bond donors (Lipinski definition) is 8. The number of unbranched alkanes of at least 4 members (excludes halogenated alkanes) is 2. The van der Waals surface area contributed by atoms with Crippen LogP contribution in [-0.4, -0.2) is 207 Å². The molecular weight excluding hydrogens is 1030 g/mol. The van der Waals surface area contributed by atoms with Crippen molar-refractivity contribution in [3.63, 3.8) is 0 Å². The highest BCUT2D eigenvalue weighted by Crippen LogP contribution is 2.38. The molecule has 24 heteroatoms. The Morgan fingerprint density at radius 1 is 0.654 bits per heavy atom. The average molecular weight is 1120 g/mol. The molecule has 0 aromatic heterocycles. The van der Waals surface area contributed by atoms with E-state index in [1.54, 1.807) is 20.8 Å². The van der Waals surface area contributed by atoms with Gasteiger partial charge in [0, 0.05) is 12.0 Å². The number of carbonyl (C=O) groups is 4. The standard InChI is InChI=1S/C54H90O24/c1-10-13-19-22-32-23-20-17-15-14-16-18-21-24-34(56)72-45-42(75-51-40(62)38(60)41(30(8)68-51)73-48(64)27(5)12-3)31(9)69-54(46(45)74-49(65)28(6)29(7)55)77-43-36(58)35(57)33(25-67-47(63)26(4)11-2)71-53(43)76-44-37(59)39(61)50(66)78-52(44)70-32/h12,26,28-33,35-46,50-55,57-62,66H,10-11,13-25H2,1-9H3/b27-12+/t26?,28-,29-,30-,31+,32-,33-,35-,36+,37+,38-,39+,40-,41-,42+,43-,44?,45-,46-,50+,51?,52-,53+,54+/m1/s1. The van der Waals surface area contributed by atoms with Crippen LogP contribution in [0.4, 0.5) is 0 Å². The van der Waals surface area contributed by atoms with E-state index < -0.39 is 178 Å². The Labute approximate surface area is 457 Å². The Balaban J connectivity index is 1.60. The molecule has 0 spiro atoms. The largest absolute Gasteiger partial charge is 0.463 e. The van der Waals surface area contributed by atoms with Gasteiger partial charge in [-0.25, -0.2) is 4.79 Å². The Kier molecular flexibility index (Phi) is 26.5. The molecule has 0 saturated carbocycles. The van der Waals surface area contributed by atoms with E-state index in [4.69, 9.17) is 56.8 Å². The minimum atomic E-state index is -2.06. The summed E-state index contributed by atoms with van der Waals surface area (Å²) in [7, 11) is 0. The van der Waals surface area contributed by atoms with Crippen molar-refractivity contribution in [1.29, 1.82) is 0 Å². The first-order chi connectivity index (χ1) is 37.0. The highest BCUT2D eigenvalue weighted by atomic mass is 16.8. The fourth-order valence-electron chi connectivity index (χ4n) is 9.72. The molecular formula is C54H90O24. The third-order valence-corrected chi connectivity index (χ3v) is 15.4. The molecule has 3 unspecified atom stereocenters. The summed E-state index contributed by atoms with van der Waals surface area (Å²) >= 11 is 0. The van der Waals surface area contributed by atoms with Crippen LogP contribution >= 0.6 is 0 Å². The van der Waals surface area contributed by atoms with Crippen LogP contribution in [0.3, 0.4) is 0 Å². The second-order valence-electron chi connectivity index (χ2n) is 21.5. The van der Waals surface area contributed by atoms with E-state index in [2.05, 4.69) is 6.92 Å². The summed E-state index contributed by atoms with van der Waals surface area (Å²) in [5.41, 5.74) is 0.230. The maximum absolute atomic E-state index is 14.1. The number of esters is 4. The van der Waals surface area contributed by atoms with Crippen molar-refractivity contribution >= 4 is 23.9 Å². The lowest BCUT2D eigenvalue weighted by Gasteiger charge is -2.50. The summed E-state index contributed by atoms with van der Waals surface area (Å²) in [4.78, 5) is 53.7. The third-order valence-electron chi connectivity index (χ3n) is 15.4. The molecule has 24 nitrogen and oxygen atoms in total. The number of aliphatic hydroxyl groups excluding tert-OH is 8. The molecule has 5 rings (SSSR count). The first-order valence-electron chi connectivity index (χ1n) is 28.1. The maximum Gasteiger partial charge on any atom is 0.333 e. The van der Waals surface area contributed by atoms with Crippen LogP contribution < -0.4 is 0 Å². The molecule has 24 atom stereocenters. The molecule has 5 heterocycles. The lowest BCUT2D eigenvalue weighted by molar-refractivity contribution is -0.407. The minimum absolute atomic E-state index is 0.115. The van der Waals surface area contributed by atoms with Crippen molar-refractivity contribution in [3.8, 4) is 0 Å². The average Bonchev–Trinajstić information content (AvgIpc) is 3.41. The quantitative estimate of drug-likeness (QED) is 0.0503. The molecule has 5 aliphatic rings. The van der Waals surface area contributed by atoms with E-state index in [1.807, 2.05) is 0 Å². The molecule has 0 radical (unpaired) electrons. The van der Waals surface area contributed by atoms with Gasteiger partial charge in [-0.3, -0.25) is 14.4 Å². The molecule has 5 fully saturated rings. The molecule has 0 amide bonds. The van der Waals surface area contributed by atoms with Crippen molar-refractivity contribution in [2.24, 2.45) is 11.8 Å². The summed E-state index contributed by atoms with van der Waals surface area (Å²) in [6.07, 6.45) is -26.0. The van der Waals surface area contributed by atoms with Crippen LogP contribution in [0.1, 0.15) is 152 Å². The first-order valence-corrected chi connectivity index (χ1v) is 28.1. The van der Waals surface area contributed by atoms with Gasteiger partial charge in [0.25, 0.3) is 0 Å². The fourth-order valence-corrected chi connectivity index (χ4v) is 9.72. The van der Waals surface area contributed by atoms with Gasteiger partial charge in [-0.1, -0.05) is 84.6 Å². The Morgan fingerprint density at radius 2 is 1.27 bits per heavy atom. The summed E-state index contributed by atoms with van der Waals surface area (Å²) in [5, 5.41) is 90.8. The number of carbonyl (C=O) groups excluding carboxylic acids is 4. The zero-order chi connectivity index (χ0) is 57.5. The third kappa shape index (κ3) is 17.5. The van der Waals surface area contributed by atoms with Crippen LogP contribution in [-0.2, 0) is 76.0 Å². The molecule has 2 bridgehead atoms. The van der Waals surface area contributed by atoms with E-state index >= 15 is 0 Å². The number of allylic oxidation sites excluding steroid dienone is 1. The molecule has 5 saturated heterocycles. The van der Waals surface area contributed by atoms with Gasteiger partial charge in [-0.05, 0) is 67.2 Å². The zero-order valence-corrected chi connectivity index (χ0v) is 46.7. The molecule has 0 aromatic rings. The van der Waals surface area contributed by atoms with E-state index in [0.717, 1.165) is 51.4 Å². The van der Waals surface area contributed by atoms with Crippen molar-refractivity contribution in [2.75, 3.05) is 6.61 Å². The maximum atomic E-state index is 14.1. The minimum Gasteiger partial charge on any atom is -0.463 e. The predicted octanol–water partition coefficient (Wildman–Crippen LogP) is 1.99. The summed E-state index contributed by atoms with van der Waals surface area (Å²) in [6.45, 7) is 13.6. The molecule has 450 valence electrons. The smallest absolute Gasteiger partial charge is 0.333 e. The van der Waals surface area contributed by atoms with E-state index in [0.29, 0.717) is 32.1 Å². The second-order valence-corrected chi connectivity index (χ2v) is 21.5. The topological polar surface area (TPSA) is 341 Å². The molecule has 5 aliphatic heterocycles. The van der Waals surface area contributed by atoms with Crippen LogP contribution in [0.25, 0.3) is 0 Å². The number of aliphatic hydroxyl groups is 8. The van der Waals surface area contributed by atoms with Crippen molar-refractivity contribution < 1.29 is 117 Å². The Bertz CT molecular complexity index is 1890. The van der Waals surface area contributed by atoms with Crippen molar-refractivity contribution in [2.45, 2.75) is 287 Å². The van der Waals surface area contributed by atoms with Gasteiger partial charge in [-0.15, -0.1) is 0 Å². The van der Waals surface area contributed by atoms with Crippen molar-refractivity contribution in [1.82, 2.24) is 0 Å². The van der Waals surface area contributed by atoms with Gasteiger partial charge in [0.15, 0.2) is 49.8 Å². The number of ether oxygens (including phenoxy) is 12. The van der Waals surface area contributed by atoms with Gasteiger partial charge in [0.2, 0.25) is 0 Å². The van der Waals surface area contributed by atoms with Gasteiger partial charge < -0.3 is 97.7 Å². The molecule has 0 aromatic carbocycles. The monoisotopic (exact) mass is 1120 g/mol. The van der Waals surface area contributed by atoms with Gasteiger partial charge in [0.05, 0.1) is 36.3 Å². The van der Waals surface area contributed by atoms with E-state index in [-0.39, 0.29) is 12.0 Å². The van der Waals surface area contributed by atoms with Gasteiger partial charge in [-0.2, -0.15) is 0 Å². The summed E-state index contributed by atoms with van der Waals surface area (Å²) in [5.74, 6) is -5.03. The summed E-state index contributed by atoms with van der Waals surface area (Å²) < 4.78 is 73.5. The Morgan fingerprint density at radius 3 is 1.91 bits per heavy atom. The van der Waals surface area contributed by atoms with Crippen LogP contribution in [0.5, 0.6) is 0 Å². The normalized spacial score (nSPS) is 40.2. The Hall–Kier alpha value is -3.02. The second kappa shape index (κ2) is 31.4. The predicted molar refractivity (Wildman–Crippen MR) is 270 cm³/mol. The lowest BCUT2D eigenvalue weighted by atomic mass is 9.95. The molecule has 8 N–H and O–H groups in total. The van der Waals surface area contributed by atoms with Crippen LogP contribution in [0, 0.1) is 11.8 Å². The number of fused-ring (bicyclic) bond motifs is 4. The molecule has 0 aliphatic carbocycles.